The molecule has 0 heterocycles. The smallest absolute Gasteiger partial charge is 0.125 e. The maximum Gasteiger partial charge on any atom is 0.125 e. The van der Waals surface area contributed by atoms with Gasteiger partial charge in [0, 0.05) is 5.54 Å². The Labute approximate surface area is 110 Å². The van der Waals surface area contributed by atoms with Crippen molar-refractivity contribution < 1.29 is 9.47 Å². The van der Waals surface area contributed by atoms with Crippen LogP contribution in [0.3, 0.4) is 0 Å². The van der Waals surface area contributed by atoms with Crippen molar-refractivity contribution in [2.45, 2.75) is 46.1 Å². The zero-order valence-corrected chi connectivity index (χ0v) is 12.4. The summed E-state index contributed by atoms with van der Waals surface area (Å²) in [5, 5.41) is 0. The van der Waals surface area contributed by atoms with Gasteiger partial charge in [-0.25, -0.2) is 0 Å². The highest BCUT2D eigenvalue weighted by Crippen LogP contribution is 2.34. The summed E-state index contributed by atoms with van der Waals surface area (Å²) in [7, 11) is 3.41. The molecule has 0 spiro atoms. The zero-order valence-electron chi connectivity index (χ0n) is 12.4. The van der Waals surface area contributed by atoms with E-state index in [1.807, 2.05) is 20.8 Å². The van der Waals surface area contributed by atoms with Gasteiger partial charge in [0.25, 0.3) is 0 Å². The van der Waals surface area contributed by atoms with E-state index in [0.29, 0.717) is 0 Å². The fourth-order valence-corrected chi connectivity index (χ4v) is 2.07. The van der Waals surface area contributed by atoms with Gasteiger partial charge >= 0.3 is 0 Å². The Morgan fingerprint density at radius 1 is 1.11 bits per heavy atom. The number of methoxy groups -OCH3 is 2. The first-order valence-corrected chi connectivity index (χ1v) is 6.30. The van der Waals surface area contributed by atoms with Crippen molar-refractivity contribution in [2.75, 3.05) is 14.2 Å². The third-order valence-corrected chi connectivity index (χ3v) is 3.33. The van der Waals surface area contributed by atoms with Crippen LogP contribution in [0.15, 0.2) is 6.07 Å². The van der Waals surface area contributed by atoms with Gasteiger partial charge < -0.3 is 15.2 Å². The molecule has 0 aliphatic rings. The summed E-state index contributed by atoms with van der Waals surface area (Å²) in [6.07, 6.45) is 1.80. The first kappa shape index (κ1) is 14.8. The lowest BCUT2D eigenvalue weighted by Gasteiger charge is -2.21. The van der Waals surface area contributed by atoms with Gasteiger partial charge in [0.05, 0.1) is 14.2 Å². The van der Waals surface area contributed by atoms with Gasteiger partial charge in [-0.3, -0.25) is 0 Å². The SMILES string of the molecule is COc1cc(CCC(C)(C)N)c(OC)c(C)c1C. The Bertz CT molecular complexity index is 419. The Morgan fingerprint density at radius 2 is 1.72 bits per heavy atom. The minimum Gasteiger partial charge on any atom is -0.496 e. The number of hydrogen-bond acceptors (Lipinski definition) is 3. The number of hydrogen-bond donors (Lipinski definition) is 1. The summed E-state index contributed by atoms with van der Waals surface area (Å²) in [5.74, 6) is 1.87. The van der Waals surface area contributed by atoms with Crippen LogP contribution in [0.25, 0.3) is 0 Å². The molecule has 1 rings (SSSR count). The fourth-order valence-electron chi connectivity index (χ4n) is 2.07. The van der Waals surface area contributed by atoms with E-state index in [4.69, 9.17) is 15.2 Å². The molecule has 0 saturated heterocycles. The lowest BCUT2D eigenvalue weighted by atomic mass is 9.93. The normalized spacial score (nSPS) is 11.5. The molecule has 0 amide bonds. The van der Waals surface area contributed by atoms with E-state index in [9.17, 15) is 0 Å². The van der Waals surface area contributed by atoms with Crippen molar-refractivity contribution >= 4 is 0 Å². The first-order chi connectivity index (χ1) is 8.30. The molecule has 1 aromatic rings. The summed E-state index contributed by atoms with van der Waals surface area (Å²) in [6.45, 7) is 8.19. The molecule has 1 aromatic carbocycles. The number of ether oxygens (including phenoxy) is 2. The highest BCUT2D eigenvalue weighted by atomic mass is 16.5. The predicted octanol–water partition coefficient (Wildman–Crippen LogP) is 2.99. The molecule has 2 N–H and O–H groups in total. The molecule has 0 fully saturated rings. The lowest BCUT2D eigenvalue weighted by Crippen LogP contribution is -2.32. The van der Waals surface area contributed by atoms with Crippen LogP contribution in [0.4, 0.5) is 0 Å². The van der Waals surface area contributed by atoms with Gasteiger partial charge in [0.15, 0.2) is 0 Å². The monoisotopic (exact) mass is 251 g/mol. The molecule has 0 aromatic heterocycles. The van der Waals surface area contributed by atoms with E-state index in [1.165, 1.54) is 0 Å². The summed E-state index contributed by atoms with van der Waals surface area (Å²) >= 11 is 0. The van der Waals surface area contributed by atoms with Crippen molar-refractivity contribution in [3.05, 3.63) is 22.8 Å². The minimum absolute atomic E-state index is 0.170. The molecule has 3 nitrogen and oxygen atoms in total. The van der Waals surface area contributed by atoms with Crippen molar-refractivity contribution in [3.63, 3.8) is 0 Å². The standard InChI is InChI=1S/C15H25NO2/c1-10-11(2)14(18-6)12(9-13(10)17-5)7-8-15(3,4)16/h9H,7-8,16H2,1-6H3. The fraction of sp³-hybridized carbons (Fsp3) is 0.600. The predicted molar refractivity (Wildman–Crippen MR) is 75.6 cm³/mol. The average molecular weight is 251 g/mol. The van der Waals surface area contributed by atoms with Crippen LogP contribution >= 0.6 is 0 Å². The second-order valence-electron chi connectivity index (χ2n) is 5.51. The number of rotatable bonds is 5. The molecular weight excluding hydrogens is 226 g/mol. The van der Waals surface area contributed by atoms with Crippen LogP contribution in [-0.2, 0) is 6.42 Å². The van der Waals surface area contributed by atoms with E-state index >= 15 is 0 Å². The molecular formula is C15H25NO2. The molecule has 0 bridgehead atoms. The molecule has 0 atom stereocenters. The van der Waals surface area contributed by atoms with E-state index < -0.39 is 0 Å². The average Bonchev–Trinajstić information content (AvgIpc) is 2.29. The van der Waals surface area contributed by atoms with Crippen molar-refractivity contribution in [1.82, 2.24) is 0 Å². The molecule has 0 saturated carbocycles. The Hall–Kier alpha value is -1.22. The highest BCUT2D eigenvalue weighted by molar-refractivity contribution is 5.52. The zero-order chi connectivity index (χ0) is 13.9. The van der Waals surface area contributed by atoms with Crippen molar-refractivity contribution in [1.29, 1.82) is 0 Å². The van der Waals surface area contributed by atoms with Crippen molar-refractivity contribution in [3.8, 4) is 11.5 Å². The quantitative estimate of drug-likeness (QED) is 0.875. The largest absolute Gasteiger partial charge is 0.496 e. The topological polar surface area (TPSA) is 44.5 Å². The maximum absolute atomic E-state index is 6.04. The molecule has 0 radical (unpaired) electrons. The Kier molecular flexibility index (Phi) is 4.63. The van der Waals surface area contributed by atoms with Crippen LogP contribution < -0.4 is 15.2 Å². The van der Waals surface area contributed by atoms with Crippen LogP contribution in [0.5, 0.6) is 11.5 Å². The Balaban J connectivity index is 3.13. The van der Waals surface area contributed by atoms with E-state index in [2.05, 4.69) is 13.0 Å². The second kappa shape index (κ2) is 5.61. The van der Waals surface area contributed by atoms with Crippen molar-refractivity contribution in [2.24, 2.45) is 5.73 Å². The van der Waals surface area contributed by atoms with Crippen LogP contribution in [0.2, 0.25) is 0 Å². The van der Waals surface area contributed by atoms with Gasteiger partial charge in [0.2, 0.25) is 0 Å². The van der Waals surface area contributed by atoms with E-state index in [0.717, 1.165) is 41.0 Å². The summed E-state index contributed by atoms with van der Waals surface area (Å²) < 4.78 is 10.9. The van der Waals surface area contributed by atoms with Gasteiger partial charge in [-0.1, -0.05) is 0 Å². The summed E-state index contributed by atoms with van der Waals surface area (Å²) in [4.78, 5) is 0. The molecule has 18 heavy (non-hydrogen) atoms. The summed E-state index contributed by atoms with van der Waals surface area (Å²) in [6, 6.07) is 2.06. The number of aryl methyl sites for hydroxylation is 1. The third-order valence-electron chi connectivity index (χ3n) is 3.33. The van der Waals surface area contributed by atoms with Crippen LogP contribution in [0, 0.1) is 13.8 Å². The van der Waals surface area contributed by atoms with E-state index in [1.54, 1.807) is 14.2 Å². The number of nitrogens with two attached hydrogens (primary N) is 1. The molecule has 0 aliphatic heterocycles. The second-order valence-corrected chi connectivity index (χ2v) is 5.51. The lowest BCUT2D eigenvalue weighted by molar-refractivity contribution is 0.389. The van der Waals surface area contributed by atoms with Gasteiger partial charge in [-0.05, 0) is 63.3 Å². The minimum atomic E-state index is -0.170. The molecule has 0 aliphatic carbocycles. The third kappa shape index (κ3) is 3.39. The summed E-state index contributed by atoms with van der Waals surface area (Å²) in [5.41, 5.74) is 9.30. The highest BCUT2D eigenvalue weighted by Gasteiger charge is 2.17. The number of benzene rings is 1. The van der Waals surface area contributed by atoms with Crippen LogP contribution in [0.1, 0.15) is 37.0 Å². The van der Waals surface area contributed by atoms with Gasteiger partial charge in [-0.2, -0.15) is 0 Å². The maximum atomic E-state index is 6.04. The Morgan fingerprint density at radius 3 is 2.17 bits per heavy atom. The van der Waals surface area contributed by atoms with Gasteiger partial charge in [-0.15, -0.1) is 0 Å². The molecule has 102 valence electrons. The van der Waals surface area contributed by atoms with Gasteiger partial charge in [0.1, 0.15) is 11.5 Å². The molecule has 0 unspecified atom stereocenters. The molecule has 3 heteroatoms. The van der Waals surface area contributed by atoms with Crippen LogP contribution in [-0.4, -0.2) is 19.8 Å². The first-order valence-electron chi connectivity index (χ1n) is 6.30. The van der Waals surface area contributed by atoms with E-state index in [-0.39, 0.29) is 5.54 Å².